The van der Waals surface area contributed by atoms with Crippen molar-refractivity contribution in [3.05, 3.63) is 209 Å². The van der Waals surface area contributed by atoms with Crippen molar-refractivity contribution in [3.8, 4) is 5.75 Å². The van der Waals surface area contributed by atoms with Crippen LogP contribution in [0, 0.1) is 0 Å². The van der Waals surface area contributed by atoms with Crippen molar-refractivity contribution in [2.45, 2.75) is 63.8 Å². The molecule has 0 saturated carbocycles. The number of nitrogens with zero attached hydrogens (tertiary/aromatic N) is 2. The highest BCUT2D eigenvalue weighted by Crippen LogP contribution is 2.50. The van der Waals surface area contributed by atoms with Crippen LogP contribution in [0.1, 0.15) is 50.2 Å². The van der Waals surface area contributed by atoms with Gasteiger partial charge < -0.3 is 34.4 Å². The Morgan fingerprint density at radius 2 is 1.08 bits per heavy atom. The van der Waals surface area contributed by atoms with Crippen molar-refractivity contribution < 1.29 is 33.0 Å². The molecule has 6 aromatic rings. The average molecular weight is 824 g/mol. The third-order valence-electron chi connectivity index (χ3n) is 10.7. The number of primary amides is 1. The number of ether oxygens (including phenoxy) is 1. The Bertz CT molecular complexity index is 2300. The summed E-state index contributed by atoms with van der Waals surface area (Å²) in [6, 6.07) is 51.7. The summed E-state index contributed by atoms with van der Waals surface area (Å²) in [6.45, 7) is 0.471. The van der Waals surface area contributed by atoms with Crippen molar-refractivity contribution in [2.75, 3.05) is 6.35 Å². The van der Waals surface area contributed by atoms with E-state index in [1.165, 1.54) is 0 Å². The number of hydrogen-bond donors (Lipinski definition) is 2. The summed E-state index contributed by atoms with van der Waals surface area (Å²) in [5.74, 6) is -0.138. The molecule has 11 heteroatoms. The SMILES string of the molecule is NC(=O)c1cccc(CN2C(=O)N(Cc3cccc(OCP(=O)(OCc4ccccc4)OCc4ccccc4)c3)[C@H](Cc3ccccc3)[C@H](O)[C@H]2CCc2ccccc2)c1. The summed E-state index contributed by atoms with van der Waals surface area (Å²) in [7, 11) is -3.78. The lowest BCUT2D eigenvalue weighted by molar-refractivity contribution is -0.0453. The zero-order chi connectivity index (χ0) is 41.7. The van der Waals surface area contributed by atoms with Crippen LogP contribution in [0.3, 0.4) is 0 Å². The molecule has 1 heterocycles. The maximum atomic E-state index is 15.0. The smallest absolute Gasteiger partial charge is 0.368 e. The molecule has 1 fully saturated rings. The van der Waals surface area contributed by atoms with E-state index in [1.54, 1.807) is 40.1 Å². The third-order valence-corrected chi connectivity index (χ3v) is 12.2. The van der Waals surface area contributed by atoms with E-state index in [0.717, 1.165) is 33.4 Å². The molecule has 0 bridgehead atoms. The summed E-state index contributed by atoms with van der Waals surface area (Å²) in [5.41, 5.74) is 11.2. The molecule has 0 aromatic heterocycles. The maximum absolute atomic E-state index is 15.0. The molecule has 1 saturated heterocycles. The van der Waals surface area contributed by atoms with Crippen molar-refractivity contribution in [2.24, 2.45) is 5.73 Å². The Balaban J connectivity index is 1.15. The van der Waals surface area contributed by atoms with Gasteiger partial charge in [0.15, 0.2) is 6.35 Å². The number of nitrogens with two attached hydrogens (primary N) is 1. The number of hydrogen-bond acceptors (Lipinski definition) is 7. The Labute approximate surface area is 351 Å². The summed E-state index contributed by atoms with van der Waals surface area (Å²) in [5, 5.41) is 12.4. The van der Waals surface area contributed by atoms with Gasteiger partial charge in [0.05, 0.1) is 31.4 Å². The highest BCUT2D eigenvalue weighted by molar-refractivity contribution is 7.53. The molecule has 3 amide bonds. The van der Waals surface area contributed by atoms with Gasteiger partial charge in [0.2, 0.25) is 5.91 Å². The molecule has 60 heavy (non-hydrogen) atoms. The van der Waals surface area contributed by atoms with Crippen LogP contribution in [0.25, 0.3) is 0 Å². The number of carbonyl (C=O) groups is 2. The third kappa shape index (κ3) is 11.4. The molecular formula is C49H50N3O7P. The number of aliphatic hydroxyl groups excluding tert-OH is 1. The second kappa shape index (κ2) is 20.3. The summed E-state index contributed by atoms with van der Waals surface area (Å²) in [4.78, 5) is 30.6. The van der Waals surface area contributed by atoms with E-state index in [2.05, 4.69) is 0 Å². The zero-order valence-corrected chi connectivity index (χ0v) is 34.3. The number of aryl methyl sites for hydroxylation is 1. The van der Waals surface area contributed by atoms with Crippen molar-refractivity contribution >= 4 is 19.5 Å². The summed E-state index contributed by atoms with van der Waals surface area (Å²) >= 11 is 0. The van der Waals surface area contributed by atoms with Crippen LogP contribution in [0.4, 0.5) is 4.79 Å². The predicted molar refractivity (Wildman–Crippen MR) is 232 cm³/mol. The number of aliphatic hydroxyl groups is 1. The fourth-order valence-electron chi connectivity index (χ4n) is 7.53. The first-order valence-corrected chi connectivity index (χ1v) is 21.9. The largest absolute Gasteiger partial charge is 0.481 e. The number of carbonyl (C=O) groups excluding carboxylic acids is 2. The molecule has 3 N–H and O–H groups in total. The van der Waals surface area contributed by atoms with Crippen LogP contribution in [-0.4, -0.2) is 51.4 Å². The minimum atomic E-state index is -3.78. The first-order chi connectivity index (χ1) is 29.2. The topological polar surface area (TPSA) is 132 Å². The van der Waals surface area contributed by atoms with Crippen LogP contribution in [0.15, 0.2) is 170 Å². The van der Waals surface area contributed by atoms with Gasteiger partial charge in [-0.15, -0.1) is 0 Å². The van der Waals surface area contributed by atoms with Gasteiger partial charge in [0, 0.05) is 18.7 Å². The number of urea groups is 1. The van der Waals surface area contributed by atoms with Crippen LogP contribution >= 0.6 is 7.60 Å². The predicted octanol–water partition coefficient (Wildman–Crippen LogP) is 9.16. The molecule has 3 atom stereocenters. The minimum absolute atomic E-state index is 0.0776. The summed E-state index contributed by atoms with van der Waals surface area (Å²) in [6.07, 6.45) is 0.333. The molecule has 1 aliphatic rings. The van der Waals surface area contributed by atoms with Gasteiger partial charge in [0.25, 0.3) is 0 Å². The van der Waals surface area contributed by atoms with E-state index < -0.39 is 31.7 Å². The molecule has 10 nitrogen and oxygen atoms in total. The van der Waals surface area contributed by atoms with E-state index in [0.29, 0.717) is 30.6 Å². The standard InChI is InChI=1S/C49H50N3O7P/c50-48(54)43-25-13-23-41(29-43)32-51-45(28-27-37-15-5-1-6-16-37)47(53)46(31-38-17-7-2-8-18-38)52(49(51)55)33-42-24-14-26-44(30-42)57-36-60(56,58-34-39-19-9-3-10-20-39)59-35-40-21-11-4-12-22-40/h1-26,29-30,45-47,53H,27-28,31-36H2,(H2,50,54)/t45-,46-,47-/m1/s1. The normalized spacial score (nSPS) is 16.8. The fourth-order valence-corrected chi connectivity index (χ4v) is 8.75. The van der Waals surface area contributed by atoms with E-state index in [9.17, 15) is 19.3 Å². The zero-order valence-electron chi connectivity index (χ0n) is 33.4. The average Bonchev–Trinajstić information content (AvgIpc) is 3.29. The number of benzene rings is 6. The first-order valence-electron chi connectivity index (χ1n) is 20.1. The lowest BCUT2D eigenvalue weighted by atomic mass is 9.88. The Kier molecular flexibility index (Phi) is 14.2. The highest BCUT2D eigenvalue weighted by atomic mass is 31.2. The maximum Gasteiger partial charge on any atom is 0.368 e. The second-order valence-electron chi connectivity index (χ2n) is 15.0. The molecule has 7 rings (SSSR count). The summed E-state index contributed by atoms with van der Waals surface area (Å²) < 4.78 is 32.2. The molecule has 0 spiro atoms. The van der Waals surface area contributed by atoms with E-state index in [-0.39, 0.29) is 38.7 Å². The number of rotatable bonds is 19. The monoisotopic (exact) mass is 823 g/mol. The molecular weight excluding hydrogens is 774 g/mol. The van der Waals surface area contributed by atoms with E-state index in [4.69, 9.17) is 19.5 Å². The van der Waals surface area contributed by atoms with Gasteiger partial charge in [0.1, 0.15) is 5.75 Å². The molecule has 6 aromatic carbocycles. The Morgan fingerprint density at radius 3 is 1.65 bits per heavy atom. The molecule has 0 unspecified atom stereocenters. The Morgan fingerprint density at radius 1 is 0.600 bits per heavy atom. The minimum Gasteiger partial charge on any atom is -0.481 e. The van der Waals surface area contributed by atoms with Gasteiger partial charge >= 0.3 is 13.6 Å². The van der Waals surface area contributed by atoms with Crippen molar-refractivity contribution in [1.29, 1.82) is 0 Å². The highest BCUT2D eigenvalue weighted by Gasteiger charge is 2.45. The molecule has 0 aliphatic carbocycles. The quantitative estimate of drug-likeness (QED) is 0.0779. The van der Waals surface area contributed by atoms with Crippen molar-refractivity contribution in [1.82, 2.24) is 9.80 Å². The van der Waals surface area contributed by atoms with Gasteiger partial charge in [-0.25, -0.2) is 4.79 Å². The van der Waals surface area contributed by atoms with E-state index in [1.807, 2.05) is 140 Å². The lowest BCUT2D eigenvalue weighted by Crippen LogP contribution is -2.66. The van der Waals surface area contributed by atoms with Crippen molar-refractivity contribution in [3.63, 3.8) is 0 Å². The van der Waals surface area contributed by atoms with Crippen LogP contribution in [-0.2, 0) is 52.8 Å². The lowest BCUT2D eigenvalue weighted by Gasteiger charge is -2.49. The van der Waals surface area contributed by atoms with Gasteiger partial charge in [-0.3, -0.25) is 9.36 Å². The number of amides is 3. The fraction of sp³-hybridized carbons (Fsp3) is 0.224. The van der Waals surface area contributed by atoms with Gasteiger partial charge in [-0.05, 0) is 76.9 Å². The van der Waals surface area contributed by atoms with Gasteiger partial charge in [-0.2, -0.15) is 0 Å². The van der Waals surface area contributed by atoms with Gasteiger partial charge in [-0.1, -0.05) is 146 Å². The van der Waals surface area contributed by atoms with Crippen LogP contribution < -0.4 is 10.5 Å². The van der Waals surface area contributed by atoms with Crippen LogP contribution in [0.2, 0.25) is 0 Å². The second-order valence-corrected chi connectivity index (χ2v) is 17.0. The Hall–Kier alpha value is -6.03. The molecule has 1 aliphatic heterocycles. The first kappa shape index (κ1) is 42.1. The van der Waals surface area contributed by atoms with Crippen LogP contribution in [0.5, 0.6) is 5.75 Å². The van der Waals surface area contributed by atoms with E-state index >= 15 is 0 Å². The molecule has 308 valence electrons. The molecule has 0 radical (unpaired) electrons.